The number of nitrogens with zero attached hydrogens (tertiary/aromatic N) is 2. The number of pyridine rings is 1. The lowest BCUT2D eigenvalue weighted by Crippen LogP contribution is -2.01. The van der Waals surface area contributed by atoms with E-state index in [1.165, 1.54) is 17.7 Å². The maximum Gasteiger partial charge on any atom is 0.275 e. The van der Waals surface area contributed by atoms with Crippen LogP contribution in [-0.4, -0.2) is 16.5 Å². The predicted molar refractivity (Wildman–Crippen MR) is 79.9 cm³/mol. The molecule has 0 spiro atoms. The summed E-state index contributed by atoms with van der Waals surface area (Å²) in [5.74, 6) is 0.524. The van der Waals surface area contributed by atoms with Gasteiger partial charge in [0.15, 0.2) is 0 Å². The molecule has 1 N–H and O–H groups in total. The first-order valence-corrected chi connectivity index (χ1v) is 6.63. The molecule has 0 saturated heterocycles. The highest BCUT2D eigenvalue weighted by molar-refractivity contribution is 5.65. The zero-order chi connectivity index (χ0) is 14.5. The average Bonchev–Trinajstić information content (AvgIpc) is 2.47. The number of rotatable bonds is 5. The van der Waals surface area contributed by atoms with Crippen molar-refractivity contribution in [1.29, 1.82) is 0 Å². The highest BCUT2D eigenvalue weighted by Crippen LogP contribution is 2.25. The van der Waals surface area contributed by atoms with Crippen molar-refractivity contribution in [2.24, 2.45) is 0 Å². The minimum atomic E-state index is -0.396. The predicted octanol–water partition coefficient (Wildman–Crippen LogP) is 3.65. The van der Waals surface area contributed by atoms with E-state index in [4.69, 9.17) is 0 Å². The quantitative estimate of drug-likeness (QED) is 0.665. The van der Waals surface area contributed by atoms with Gasteiger partial charge in [0.1, 0.15) is 5.82 Å². The van der Waals surface area contributed by atoms with Crippen LogP contribution >= 0.6 is 0 Å². The molecule has 0 bridgehead atoms. The molecule has 0 atom stereocenters. The first kappa shape index (κ1) is 14.0. The summed E-state index contributed by atoms with van der Waals surface area (Å²) in [5.41, 5.74) is 2.76. The molecular formula is C15H17N3O2. The summed E-state index contributed by atoms with van der Waals surface area (Å²) in [5, 5.41) is 14.0. The van der Waals surface area contributed by atoms with Gasteiger partial charge in [-0.2, -0.15) is 0 Å². The number of hydrogen-bond donors (Lipinski definition) is 1. The number of aryl methyl sites for hydroxylation is 1. The van der Waals surface area contributed by atoms with Crippen LogP contribution in [0.4, 0.5) is 11.5 Å². The third-order valence-electron chi connectivity index (χ3n) is 3.04. The van der Waals surface area contributed by atoms with Gasteiger partial charge in [-0.1, -0.05) is 31.2 Å². The number of nitrogens with one attached hydrogen (secondary N) is 1. The van der Waals surface area contributed by atoms with Crippen LogP contribution in [0.3, 0.4) is 0 Å². The van der Waals surface area contributed by atoms with Gasteiger partial charge in [-0.15, -0.1) is 0 Å². The molecule has 2 aromatic rings. The monoisotopic (exact) mass is 271 g/mol. The van der Waals surface area contributed by atoms with Crippen molar-refractivity contribution < 1.29 is 4.92 Å². The lowest BCUT2D eigenvalue weighted by atomic mass is 10.1. The summed E-state index contributed by atoms with van der Waals surface area (Å²) in [4.78, 5) is 15.0. The molecule has 1 heterocycles. The molecule has 2 rings (SSSR count). The van der Waals surface area contributed by atoms with E-state index >= 15 is 0 Å². The molecule has 1 aromatic heterocycles. The smallest absolute Gasteiger partial charge is 0.275 e. The van der Waals surface area contributed by atoms with Crippen molar-refractivity contribution in [2.45, 2.75) is 20.3 Å². The Bertz CT molecular complexity index is 609. The third kappa shape index (κ3) is 3.12. The molecule has 104 valence electrons. The van der Waals surface area contributed by atoms with Crippen LogP contribution in [0.2, 0.25) is 0 Å². The standard InChI is InChI=1S/C15H17N3O2/c1-3-11-5-7-12(8-6-11)14-9-13(18(19)20)10-15(17-14)16-4-2/h5-10H,3-4H2,1-2H3,(H,16,17). The summed E-state index contributed by atoms with van der Waals surface area (Å²) >= 11 is 0. The van der Waals surface area contributed by atoms with Crippen LogP contribution in [0.15, 0.2) is 36.4 Å². The number of benzene rings is 1. The van der Waals surface area contributed by atoms with Crippen molar-refractivity contribution in [2.75, 3.05) is 11.9 Å². The van der Waals surface area contributed by atoms with Crippen LogP contribution in [0, 0.1) is 10.1 Å². The summed E-state index contributed by atoms with van der Waals surface area (Å²) in [6.07, 6.45) is 0.964. The van der Waals surface area contributed by atoms with Crippen LogP contribution in [0.1, 0.15) is 19.4 Å². The Hall–Kier alpha value is -2.43. The van der Waals surface area contributed by atoms with Crippen molar-refractivity contribution in [3.05, 3.63) is 52.1 Å². The molecule has 20 heavy (non-hydrogen) atoms. The second-order valence-corrected chi connectivity index (χ2v) is 4.43. The Kier molecular flexibility index (Phi) is 4.30. The minimum absolute atomic E-state index is 0.0468. The van der Waals surface area contributed by atoms with E-state index in [0.29, 0.717) is 18.1 Å². The SMILES string of the molecule is CCNc1cc([N+](=O)[O-])cc(-c2ccc(CC)cc2)n1. The molecule has 5 heteroatoms. The van der Waals surface area contributed by atoms with E-state index in [-0.39, 0.29) is 5.69 Å². The first-order chi connectivity index (χ1) is 9.63. The fraction of sp³-hybridized carbons (Fsp3) is 0.267. The lowest BCUT2D eigenvalue weighted by Gasteiger charge is -2.07. The molecule has 0 aliphatic heterocycles. The molecule has 0 aliphatic rings. The summed E-state index contributed by atoms with van der Waals surface area (Å²) in [6, 6.07) is 10.9. The van der Waals surface area contributed by atoms with Crippen molar-refractivity contribution in [3.8, 4) is 11.3 Å². The summed E-state index contributed by atoms with van der Waals surface area (Å²) in [6.45, 7) is 4.68. The van der Waals surface area contributed by atoms with Crippen molar-refractivity contribution >= 4 is 11.5 Å². The molecule has 1 aromatic carbocycles. The number of aromatic nitrogens is 1. The second-order valence-electron chi connectivity index (χ2n) is 4.43. The van der Waals surface area contributed by atoms with E-state index in [1.54, 1.807) is 0 Å². The number of nitro groups is 1. The molecule has 0 amide bonds. The van der Waals surface area contributed by atoms with Crippen LogP contribution in [0.25, 0.3) is 11.3 Å². The summed E-state index contributed by atoms with van der Waals surface area (Å²) in [7, 11) is 0. The van der Waals surface area contributed by atoms with Gasteiger partial charge in [-0.05, 0) is 18.9 Å². The molecular weight excluding hydrogens is 254 g/mol. The van der Waals surface area contributed by atoms with Gasteiger partial charge in [-0.25, -0.2) is 4.98 Å². The van der Waals surface area contributed by atoms with E-state index in [9.17, 15) is 10.1 Å². The van der Waals surface area contributed by atoms with Gasteiger partial charge in [0.05, 0.1) is 16.7 Å². The second kappa shape index (κ2) is 6.14. The van der Waals surface area contributed by atoms with E-state index in [0.717, 1.165) is 12.0 Å². The van der Waals surface area contributed by atoms with Crippen LogP contribution in [-0.2, 0) is 6.42 Å². The normalized spacial score (nSPS) is 10.3. The van der Waals surface area contributed by atoms with Gasteiger partial charge >= 0.3 is 0 Å². The Balaban J connectivity index is 2.45. The Morgan fingerprint density at radius 3 is 2.45 bits per heavy atom. The Morgan fingerprint density at radius 1 is 1.20 bits per heavy atom. The lowest BCUT2D eigenvalue weighted by molar-refractivity contribution is -0.384. The minimum Gasteiger partial charge on any atom is -0.370 e. The van der Waals surface area contributed by atoms with Gasteiger partial charge < -0.3 is 5.32 Å². The topological polar surface area (TPSA) is 68.1 Å². The largest absolute Gasteiger partial charge is 0.370 e. The summed E-state index contributed by atoms with van der Waals surface area (Å²) < 4.78 is 0. The third-order valence-corrected chi connectivity index (χ3v) is 3.04. The molecule has 0 radical (unpaired) electrons. The van der Waals surface area contributed by atoms with Crippen molar-refractivity contribution in [3.63, 3.8) is 0 Å². The van der Waals surface area contributed by atoms with E-state index < -0.39 is 4.92 Å². The van der Waals surface area contributed by atoms with E-state index in [2.05, 4.69) is 17.2 Å². The van der Waals surface area contributed by atoms with Gasteiger partial charge in [0.2, 0.25) is 0 Å². The molecule has 5 nitrogen and oxygen atoms in total. The zero-order valence-corrected chi connectivity index (χ0v) is 11.6. The molecule has 0 saturated carbocycles. The number of anilines is 1. The highest BCUT2D eigenvalue weighted by atomic mass is 16.6. The maximum absolute atomic E-state index is 11.0. The number of hydrogen-bond acceptors (Lipinski definition) is 4. The molecule has 0 fully saturated rings. The fourth-order valence-corrected chi connectivity index (χ4v) is 1.95. The maximum atomic E-state index is 11.0. The fourth-order valence-electron chi connectivity index (χ4n) is 1.95. The average molecular weight is 271 g/mol. The molecule has 0 unspecified atom stereocenters. The Labute approximate surface area is 117 Å². The van der Waals surface area contributed by atoms with Gasteiger partial charge in [0.25, 0.3) is 5.69 Å². The van der Waals surface area contributed by atoms with Gasteiger partial charge in [-0.3, -0.25) is 10.1 Å². The van der Waals surface area contributed by atoms with E-state index in [1.807, 2.05) is 31.2 Å². The first-order valence-electron chi connectivity index (χ1n) is 6.63. The molecule has 0 aliphatic carbocycles. The Morgan fingerprint density at radius 2 is 1.90 bits per heavy atom. The van der Waals surface area contributed by atoms with Gasteiger partial charge in [0, 0.05) is 18.2 Å². The zero-order valence-electron chi connectivity index (χ0n) is 11.6. The highest BCUT2D eigenvalue weighted by Gasteiger charge is 2.12. The van der Waals surface area contributed by atoms with Crippen LogP contribution < -0.4 is 5.32 Å². The van der Waals surface area contributed by atoms with Crippen molar-refractivity contribution in [1.82, 2.24) is 4.98 Å². The van der Waals surface area contributed by atoms with Crippen LogP contribution in [0.5, 0.6) is 0 Å².